The number of hydrogen-bond donors (Lipinski definition) is 1. The van der Waals surface area contributed by atoms with Crippen molar-refractivity contribution in [1.82, 2.24) is 14.9 Å². The van der Waals surface area contributed by atoms with Gasteiger partial charge >= 0.3 is 0 Å². The standard InChI is InChI=1S/C19H20FN3O2/c1-13(21-18(24)12-25-2)19-22-16-9-5-6-10-17(16)23(19)11-14-7-3-4-8-15(14)20/h3-10,13H,11-12H2,1-2H3,(H,21,24). The topological polar surface area (TPSA) is 56.1 Å². The molecule has 1 amide bonds. The number of aromatic nitrogens is 2. The Morgan fingerprint density at radius 2 is 1.96 bits per heavy atom. The van der Waals surface area contributed by atoms with Gasteiger partial charge in [-0.2, -0.15) is 0 Å². The first kappa shape index (κ1) is 17.1. The molecule has 3 aromatic rings. The van der Waals surface area contributed by atoms with Crippen molar-refractivity contribution < 1.29 is 13.9 Å². The lowest BCUT2D eigenvalue weighted by atomic mass is 10.2. The number of carbonyl (C=O) groups is 1. The molecule has 0 bridgehead atoms. The van der Waals surface area contributed by atoms with E-state index >= 15 is 0 Å². The van der Waals surface area contributed by atoms with Gasteiger partial charge in [-0.1, -0.05) is 30.3 Å². The molecule has 130 valence electrons. The average molecular weight is 341 g/mol. The monoisotopic (exact) mass is 341 g/mol. The van der Waals surface area contributed by atoms with Gasteiger partial charge < -0.3 is 14.6 Å². The fraction of sp³-hybridized carbons (Fsp3) is 0.263. The summed E-state index contributed by atoms with van der Waals surface area (Å²) < 4.78 is 20.9. The van der Waals surface area contributed by atoms with Gasteiger partial charge in [0.15, 0.2) is 0 Å². The third-order valence-corrected chi connectivity index (χ3v) is 4.01. The average Bonchev–Trinajstić information content (AvgIpc) is 2.96. The summed E-state index contributed by atoms with van der Waals surface area (Å²) >= 11 is 0. The fourth-order valence-electron chi connectivity index (χ4n) is 2.87. The molecule has 0 aliphatic heterocycles. The number of amides is 1. The van der Waals surface area contributed by atoms with Gasteiger partial charge in [0, 0.05) is 12.7 Å². The fourth-order valence-corrected chi connectivity index (χ4v) is 2.87. The van der Waals surface area contributed by atoms with Gasteiger partial charge in [0.25, 0.3) is 0 Å². The largest absolute Gasteiger partial charge is 0.375 e. The van der Waals surface area contributed by atoms with Crippen LogP contribution < -0.4 is 5.32 Å². The van der Waals surface area contributed by atoms with Crippen LogP contribution in [0.1, 0.15) is 24.4 Å². The smallest absolute Gasteiger partial charge is 0.246 e. The third kappa shape index (κ3) is 3.69. The molecule has 0 saturated heterocycles. The summed E-state index contributed by atoms with van der Waals surface area (Å²) in [6, 6.07) is 14.0. The van der Waals surface area contributed by atoms with E-state index in [1.807, 2.05) is 35.8 Å². The van der Waals surface area contributed by atoms with Crippen LogP contribution in [0.2, 0.25) is 0 Å². The van der Waals surface area contributed by atoms with Crippen molar-refractivity contribution in [2.24, 2.45) is 0 Å². The molecule has 1 heterocycles. The molecular formula is C19H20FN3O2. The summed E-state index contributed by atoms with van der Waals surface area (Å²) in [6.45, 7) is 2.18. The predicted molar refractivity (Wildman–Crippen MR) is 93.7 cm³/mol. The molecular weight excluding hydrogens is 321 g/mol. The molecule has 0 aliphatic carbocycles. The summed E-state index contributed by atoms with van der Waals surface area (Å²) in [5.74, 6) is 0.190. The number of nitrogens with zero attached hydrogens (tertiary/aromatic N) is 2. The van der Waals surface area contributed by atoms with Gasteiger partial charge in [-0.25, -0.2) is 9.37 Å². The van der Waals surface area contributed by atoms with Crippen LogP contribution in [0.15, 0.2) is 48.5 Å². The number of fused-ring (bicyclic) bond motifs is 1. The van der Waals surface area contributed by atoms with E-state index in [-0.39, 0.29) is 24.4 Å². The van der Waals surface area contributed by atoms with Crippen LogP contribution in [0.3, 0.4) is 0 Å². The first-order valence-electron chi connectivity index (χ1n) is 8.07. The zero-order valence-corrected chi connectivity index (χ0v) is 14.2. The summed E-state index contributed by atoms with van der Waals surface area (Å²) in [5, 5.41) is 2.86. The van der Waals surface area contributed by atoms with E-state index in [9.17, 15) is 9.18 Å². The molecule has 1 aromatic heterocycles. The molecule has 3 rings (SSSR count). The van der Waals surface area contributed by atoms with E-state index in [1.54, 1.807) is 18.2 Å². The van der Waals surface area contributed by atoms with Gasteiger partial charge in [0.05, 0.1) is 23.6 Å². The summed E-state index contributed by atoms with van der Waals surface area (Å²) in [5.41, 5.74) is 2.28. The van der Waals surface area contributed by atoms with Crippen LogP contribution in [0, 0.1) is 5.82 Å². The minimum atomic E-state index is -0.332. The first-order chi connectivity index (χ1) is 12.1. The SMILES string of the molecule is COCC(=O)NC(C)c1nc2ccccc2n1Cc1ccccc1F. The maximum Gasteiger partial charge on any atom is 0.246 e. The Kier molecular flexibility index (Phi) is 5.09. The lowest BCUT2D eigenvalue weighted by Crippen LogP contribution is -2.31. The van der Waals surface area contributed by atoms with E-state index < -0.39 is 0 Å². The second-order valence-corrected chi connectivity index (χ2v) is 5.86. The van der Waals surface area contributed by atoms with Crippen molar-refractivity contribution in [2.45, 2.75) is 19.5 Å². The van der Waals surface area contributed by atoms with Crippen LogP contribution >= 0.6 is 0 Å². The minimum absolute atomic E-state index is 0.0160. The lowest BCUT2D eigenvalue weighted by molar-refractivity contribution is -0.125. The number of hydrogen-bond acceptors (Lipinski definition) is 3. The van der Waals surface area contributed by atoms with E-state index in [4.69, 9.17) is 4.74 Å². The Bertz CT molecular complexity index is 891. The quantitative estimate of drug-likeness (QED) is 0.750. The molecule has 1 N–H and O–H groups in total. The van der Waals surface area contributed by atoms with Gasteiger partial charge in [0.2, 0.25) is 5.91 Å². The minimum Gasteiger partial charge on any atom is -0.375 e. The second-order valence-electron chi connectivity index (χ2n) is 5.86. The maximum absolute atomic E-state index is 14.1. The normalized spacial score (nSPS) is 12.3. The molecule has 5 nitrogen and oxygen atoms in total. The Labute approximate surface area is 145 Å². The number of methoxy groups -OCH3 is 1. The molecule has 1 atom stereocenters. The molecule has 6 heteroatoms. The zero-order valence-electron chi connectivity index (χ0n) is 14.2. The molecule has 0 fully saturated rings. The molecule has 1 unspecified atom stereocenters. The number of para-hydroxylation sites is 2. The number of carbonyl (C=O) groups excluding carboxylic acids is 1. The van der Waals surface area contributed by atoms with Crippen molar-refractivity contribution in [3.8, 4) is 0 Å². The Balaban J connectivity index is 2.00. The van der Waals surface area contributed by atoms with E-state index in [0.717, 1.165) is 11.0 Å². The van der Waals surface area contributed by atoms with Crippen LogP contribution in [-0.2, 0) is 16.1 Å². The maximum atomic E-state index is 14.1. The molecule has 0 spiro atoms. The van der Waals surface area contributed by atoms with Gasteiger partial charge in [-0.3, -0.25) is 4.79 Å². The highest BCUT2D eigenvalue weighted by atomic mass is 19.1. The summed E-state index contributed by atoms with van der Waals surface area (Å²) in [6.07, 6.45) is 0. The molecule has 0 radical (unpaired) electrons. The van der Waals surface area contributed by atoms with Crippen molar-refractivity contribution >= 4 is 16.9 Å². The molecule has 25 heavy (non-hydrogen) atoms. The number of ether oxygens (including phenoxy) is 1. The highest BCUT2D eigenvalue weighted by Crippen LogP contribution is 2.23. The third-order valence-electron chi connectivity index (χ3n) is 4.01. The van der Waals surface area contributed by atoms with Gasteiger partial charge in [0.1, 0.15) is 18.2 Å². The second kappa shape index (κ2) is 7.44. The Morgan fingerprint density at radius 3 is 2.72 bits per heavy atom. The van der Waals surface area contributed by atoms with Crippen LogP contribution in [0.5, 0.6) is 0 Å². The zero-order chi connectivity index (χ0) is 17.8. The van der Waals surface area contributed by atoms with Gasteiger partial charge in [-0.15, -0.1) is 0 Å². The molecule has 0 saturated carbocycles. The van der Waals surface area contributed by atoms with E-state index in [1.165, 1.54) is 13.2 Å². The van der Waals surface area contributed by atoms with Crippen molar-refractivity contribution in [2.75, 3.05) is 13.7 Å². The Morgan fingerprint density at radius 1 is 1.24 bits per heavy atom. The van der Waals surface area contributed by atoms with E-state index in [2.05, 4.69) is 10.3 Å². The predicted octanol–water partition coefficient (Wildman–Crippen LogP) is 3.05. The van der Waals surface area contributed by atoms with Crippen LogP contribution in [0.25, 0.3) is 11.0 Å². The van der Waals surface area contributed by atoms with Crippen molar-refractivity contribution in [1.29, 1.82) is 0 Å². The van der Waals surface area contributed by atoms with Crippen molar-refractivity contribution in [3.05, 3.63) is 65.7 Å². The number of benzene rings is 2. The number of halogens is 1. The van der Waals surface area contributed by atoms with Crippen molar-refractivity contribution in [3.63, 3.8) is 0 Å². The summed E-state index contributed by atoms with van der Waals surface area (Å²) in [7, 11) is 1.47. The number of rotatable bonds is 6. The number of imidazole rings is 1. The highest BCUT2D eigenvalue weighted by Gasteiger charge is 2.19. The van der Waals surface area contributed by atoms with Gasteiger partial charge in [-0.05, 0) is 25.1 Å². The lowest BCUT2D eigenvalue weighted by Gasteiger charge is -2.16. The molecule has 0 aliphatic rings. The highest BCUT2D eigenvalue weighted by molar-refractivity contribution is 5.78. The van der Waals surface area contributed by atoms with Crippen LogP contribution in [-0.4, -0.2) is 29.2 Å². The Hall–Kier alpha value is -2.73. The summed E-state index contributed by atoms with van der Waals surface area (Å²) in [4.78, 5) is 16.5. The first-order valence-corrected chi connectivity index (χ1v) is 8.07. The number of nitrogens with one attached hydrogen (secondary N) is 1. The van der Waals surface area contributed by atoms with Crippen LogP contribution in [0.4, 0.5) is 4.39 Å². The van der Waals surface area contributed by atoms with E-state index in [0.29, 0.717) is 17.9 Å². The molecule has 2 aromatic carbocycles.